The minimum atomic E-state index is -0.778. The van der Waals surface area contributed by atoms with Gasteiger partial charge in [0.15, 0.2) is 6.61 Å². The fraction of sp³-hybridized carbons (Fsp3) is 0.438. The maximum Gasteiger partial charge on any atom is 0.342 e. The van der Waals surface area contributed by atoms with E-state index >= 15 is 0 Å². The minimum absolute atomic E-state index is 0.0552. The van der Waals surface area contributed by atoms with Crippen LogP contribution in [-0.2, 0) is 14.3 Å². The van der Waals surface area contributed by atoms with Gasteiger partial charge in [-0.1, -0.05) is 11.6 Å². The van der Waals surface area contributed by atoms with Crippen LogP contribution in [0.15, 0.2) is 12.1 Å². The summed E-state index contributed by atoms with van der Waals surface area (Å²) < 4.78 is 10.1. The molecule has 1 heterocycles. The second-order valence-electron chi connectivity index (χ2n) is 5.65. The first kappa shape index (κ1) is 18.9. The molecule has 1 aliphatic rings. The molecule has 25 heavy (non-hydrogen) atoms. The molecule has 1 aromatic carbocycles. The van der Waals surface area contributed by atoms with Crippen molar-refractivity contribution >= 4 is 35.1 Å². The van der Waals surface area contributed by atoms with Gasteiger partial charge in [-0.2, -0.15) is 0 Å². The van der Waals surface area contributed by atoms with Crippen LogP contribution in [0.4, 0.5) is 5.69 Å². The number of esters is 1. The number of nitrogens with zero attached hydrogens (tertiary/aromatic N) is 1. The molecule has 4 N–H and O–H groups in total. The standard InChI is InChI=1S/C16H20ClN3O5/c1-24-13-7-11(18)10(17)6-9(13)16(23)25-8-14(21)20-5-3-2-4-12(20)15(19)22/h6-7,12H,2-5,8,18H2,1H3,(H2,19,22)/t12-/m1/s1. The number of methoxy groups -OCH3 is 1. The second-order valence-corrected chi connectivity index (χ2v) is 6.06. The lowest BCUT2D eigenvalue weighted by atomic mass is 10.0. The molecule has 8 nitrogen and oxygen atoms in total. The Morgan fingerprint density at radius 3 is 2.68 bits per heavy atom. The zero-order valence-electron chi connectivity index (χ0n) is 13.8. The van der Waals surface area contributed by atoms with Crippen molar-refractivity contribution in [2.75, 3.05) is 26.0 Å². The fourth-order valence-electron chi connectivity index (χ4n) is 2.71. The Bertz CT molecular complexity index is 695. The van der Waals surface area contributed by atoms with Gasteiger partial charge in [-0.25, -0.2) is 4.79 Å². The van der Waals surface area contributed by atoms with Crippen molar-refractivity contribution in [2.24, 2.45) is 5.73 Å². The molecule has 0 unspecified atom stereocenters. The fourth-order valence-corrected chi connectivity index (χ4v) is 2.87. The molecule has 1 saturated heterocycles. The van der Waals surface area contributed by atoms with Gasteiger partial charge in [0, 0.05) is 12.6 Å². The van der Waals surface area contributed by atoms with E-state index in [1.54, 1.807) is 0 Å². The van der Waals surface area contributed by atoms with Crippen LogP contribution in [-0.4, -0.2) is 49.0 Å². The zero-order chi connectivity index (χ0) is 18.6. The number of piperidine rings is 1. The first-order chi connectivity index (χ1) is 11.8. The van der Waals surface area contributed by atoms with Crippen LogP contribution in [0, 0.1) is 0 Å². The van der Waals surface area contributed by atoms with Gasteiger partial charge >= 0.3 is 5.97 Å². The predicted octanol–water partition coefficient (Wildman–Crippen LogP) is 0.954. The third kappa shape index (κ3) is 4.33. The number of rotatable bonds is 5. The van der Waals surface area contributed by atoms with Gasteiger partial charge in [-0.15, -0.1) is 0 Å². The van der Waals surface area contributed by atoms with Gasteiger partial charge in [-0.3, -0.25) is 9.59 Å². The Hall–Kier alpha value is -2.48. The normalized spacial score (nSPS) is 17.0. The maximum atomic E-state index is 12.3. The predicted molar refractivity (Wildman–Crippen MR) is 91.2 cm³/mol. The summed E-state index contributed by atoms with van der Waals surface area (Å²) in [6.07, 6.45) is 2.10. The highest BCUT2D eigenvalue weighted by atomic mass is 35.5. The first-order valence-electron chi connectivity index (χ1n) is 7.74. The highest BCUT2D eigenvalue weighted by Crippen LogP contribution is 2.29. The molecule has 9 heteroatoms. The first-order valence-corrected chi connectivity index (χ1v) is 8.12. The van der Waals surface area contributed by atoms with Gasteiger partial charge < -0.3 is 25.8 Å². The number of carbonyl (C=O) groups is 3. The maximum absolute atomic E-state index is 12.3. The molecule has 0 aliphatic carbocycles. The Morgan fingerprint density at radius 2 is 2.04 bits per heavy atom. The van der Waals surface area contributed by atoms with Crippen molar-refractivity contribution in [3.63, 3.8) is 0 Å². The van der Waals surface area contributed by atoms with Crippen LogP contribution in [0.5, 0.6) is 5.75 Å². The van der Waals surface area contributed by atoms with Gasteiger partial charge in [0.1, 0.15) is 17.4 Å². The SMILES string of the molecule is COc1cc(N)c(Cl)cc1C(=O)OCC(=O)N1CCCC[C@@H]1C(N)=O. The molecule has 1 aromatic rings. The third-order valence-corrected chi connectivity index (χ3v) is 4.34. The van der Waals surface area contributed by atoms with E-state index in [0.717, 1.165) is 12.8 Å². The Morgan fingerprint density at radius 1 is 1.32 bits per heavy atom. The molecular weight excluding hydrogens is 350 g/mol. The molecule has 0 bridgehead atoms. The molecule has 136 valence electrons. The number of hydrogen-bond donors (Lipinski definition) is 2. The van der Waals surface area contributed by atoms with E-state index in [9.17, 15) is 14.4 Å². The van der Waals surface area contributed by atoms with Crippen molar-refractivity contribution in [3.05, 3.63) is 22.7 Å². The summed E-state index contributed by atoms with van der Waals surface area (Å²) in [4.78, 5) is 37.3. The topological polar surface area (TPSA) is 125 Å². The van der Waals surface area contributed by atoms with Crippen molar-refractivity contribution < 1.29 is 23.9 Å². The van der Waals surface area contributed by atoms with Crippen molar-refractivity contribution in [1.29, 1.82) is 0 Å². The van der Waals surface area contributed by atoms with Crippen LogP contribution in [0.25, 0.3) is 0 Å². The largest absolute Gasteiger partial charge is 0.496 e. The van der Waals surface area contributed by atoms with Crippen LogP contribution in [0.3, 0.4) is 0 Å². The number of hydrogen-bond acceptors (Lipinski definition) is 6. The average Bonchev–Trinajstić information content (AvgIpc) is 2.61. The number of ether oxygens (including phenoxy) is 2. The molecule has 2 amide bonds. The summed E-state index contributed by atoms with van der Waals surface area (Å²) >= 11 is 5.91. The lowest BCUT2D eigenvalue weighted by Gasteiger charge is -2.33. The summed E-state index contributed by atoms with van der Waals surface area (Å²) in [5, 5.41) is 0.170. The van der Waals surface area contributed by atoms with Crippen molar-refractivity contribution in [3.8, 4) is 5.75 Å². The van der Waals surface area contributed by atoms with Gasteiger partial charge in [0.05, 0.1) is 17.8 Å². The molecule has 1 aliphatic heterocycles. The average molecular weight is 370 g/mol. The number of nitrogens with two attached hydrogens (primary N) is 2. The van der Waals surface area contributed by atoms with Gasteiger partial charge in [-0.05, 0) is 25.3 Å². The van der Waals surface area contributed by atoms with E-state index < -0.39 is 30.4 Å². The summed E-state index contributed by atoms with van der Waals surface area (Å²) in [6, 6.07) is 2.05. The van der Waals surface area contributed by atoms with Crippen LogP contribution in [0.1, 0.15) is 29.6 Å². The second kappa shape index (κ2) is 8.06. The Labute approximate surface area is 150 Å². The molecule has 0 radical (unpaired) electrons. The van der Waals surface area contributed by atoms with Crippen LogP contribution >= 0.6 is 11.6 Å². The molecular formula is C16H20ClN3O5. The highest BCUT2D eigenvalue weighted by molar-refractivity contribution is 6.33. The number of anilines is 1. The summed E-state index contributed by atoms with van der Waals surface area (Å²) in [5.41, 5.74) is 11.3. The van der Waals surface area contributed by atoms with E-state index in [2.05, 4.69) is 0 Å². The number of nitrogen functional groups attached to an aromatic ring is 1. The molecule has 0 saturated carbocycles. The summed E-state index contributed by atoms with van der Waals surface area (Å²) in [7, 11) is 1.37. The number of benzene rings is 1. The number of carbonyl (C=O) groups excluding carboxylic acids is 3. The lowest BCUT2D eigenvalue weighted by molar-refractivity contribution is -0.143. The van der Waals surface area contributed by atoms with Crippen molar-refractivity contribution in [1.82, 2.24) is 4.90 Å². The van der Waals surface area contributed by atoms with E-state index in [0.29, 0.717) is 13.0 Å². The monoisotopic (exact) mass is 369 g/mol. The number of halogens is 1. The zero-order valence-corrected chi connectivity index (χ0v) is 14.5. The summed E-state index contributed by atoms with van der Waals surface area (Å²) in [5.74, 6) is -1.63. The third-order valence-electron chi connectivity index (χ3n) is 4.02. The highest BCUT2D eigenvalue weighted by Gasteiger charge is 2.31. The Kier molecular flexibility index (Phi) is 6.08. The molecule has 1 fully saturated rings. The number of primary amides is 1. The molecule has 0 spiro atoms. The van der Waals surface area contributed by atoms with E-state index in [1.165, 1.54) is 24.1 Å². The van der Waals surface area contributed by atoms with Crippen LogP contribution < -0.4 is 16.2 Å². The van der Waals surface area contributed by atoms with Crippen LogP contribution in [0.2, 0.25) is 5.02 Å². The quantitative estimate of drug-likeness (QED) is 0.588. The van der Waals surface area contributed by atoms with E-state index in [1.807, 2.05) is 0 Å². The van der Waals surface area contributed by atoms with Gasteiger partial charge in [0.2, 0.25) is 5.91 Å². The number of likely N-dealkylation sites (tertiary alicyclic amines) is 1. The molecule has 1 atom stereocenters. The van der Waals surface area contributed by atoms with E-state index in [4.69, 9.17) is 32.5 Å². The smallest absolute Gasteiger partial charge is 0.342 e. The lowest BCUT2D eigenvalue weighted by Crippen LogP contribution is -2.51. The van der Waals surface area contributed by atoms with Gasteiger partial charge in [0.25, 0.3) is 5.91 Å². The minimum Gasteiger partial charge on any atom is -0.496 e. The van der Waals surface area contributed by atoms with Crippen molar-refractivity contribution in [2.45, 2.75) is 25.3 Å². The molecule has 0 aromatic heterocycles. The Balaban J connectivity index is 2.05. The summed E-state index contributed by atoms with van der Waals surface area (Å²) in [6.45, 7) is -0.102. The van der Waals surface area contributed by atoms with E-state index in [-0.39, 0.29) is 22.0 Å². The molecule has 2 rings (SSSR count). The number of amides is 2.